The van der Waals surface area contributed by atoms with Crippen LogP contribution < -0.4 is 0 Å². The average Bonchev–Trinajstić information content (AvgIpc) is 2.39. The van der Waals surface area contributed by atoms with E-state index in [0.717, 1.165) is 22.6 Å². The van der Waals surface area contributed by atoms with Crippen LogP contribution >= 0.6 is 0 Å². The monoisotopic (exact) mass is 256 g/mol. The molecular formula is C15H16N2O2. The molecule has 98 valence electrons. The molecular weight excluding hydrogens is 240 g/mol. The van der Waals surface area contributed by atoms with Gasteiger partial charge in [-0.2, -0.15) is 0 Å². The molecule has 4 heteroatoms. The van der Waals surface area contributed by atoms with Crippen LogP contribution in [0.1, 0.15) is 41.5 Å². The predicted octanol–water partition coefficient (Wildman–Crippen LogP) is 3.27. The van der Waals surface area contributed by atoms with Crippen molar-refractivity contribution in [2.45, 2.75) is 26.7 Å². The number of nitrogens with zero attached hydrogens (tertiary/aromatic N) is 2. The number of aryl methyl sites for hydroxylation is 1. The minimum atomic E-state index is -0.938. The van der Waals surface area contributed by atoms with Gasteiger partial charge in [-0.3, -0.25) is 4.98 Å². The molecule has 2 aromatic rings. The van der Waals surface area contributed by atoms with Gasteiger partial charge in [-0.15, -0.1) is 0 Å². The third-order valence-corrected chi connectivity index (χ3v) is 2.95. The maximum Gasteiger partial charge on any atom is 0.335 e. The Labute approximate surface area is 112 Å². The zero-order valence-corrected chi connectivity index (χ0v) is 11.2. The van der Waals surface area contributed by atoms with E-state index in [0.29, 0.717) is 0 Å². The first-order valence-corrected chi connectivity index (χ1v) is 6.16. The van der Waals surface area contributed by atoms with E-state index in [1.54, 1.807) is 24.4 Å². The fourth-order valence-electron chi connectivity index (χ4n) is 1.81. The van der Waals surface area contributed by atoms with Crippen LogP contribution in [0.4, 0.5) is 0 Å². The summed E-state index contributed by atoms with van der Waals surface area (Å²) in [7, 11) is 0. The predicted molar refractivity (Wildman–Crippen MR) is 73.3 cm³/mol. The number of carbonyl (C=O) groups is 1. The highest BCUT2D eigenvalue weighted by molar-refractivity contribution is 5.89. The molecule has 1 heterocycles. The van der Waals surface area contributed by atoms with Crippen LogP contribution in [0.3, 0.4) is 0 Å². The van der Waals surface area contributed by atoms with Crippen molar-refractivity contribution in [3.8, 4) is 11.3 Å². The van der Waals surface area contributed by atoms with Crippen LogP contribution in [-0.2, 0) is 0 Å². The van der Waals surface area contributed by atoms with E-state index < -0.39 is 5.97 Å². The number of carboxylic acid groups (broad SMARTS) is 1. The highest BCUT2D eigenvalue weighted by Gasteiger charge is 2.11. The van der Waals surface area contributed by atoms with Crippen LogP contribution in [0.2, 0.25) is 0 Å². The lowest BCUT2D eigenvalue weighted by Gasteiger charge is -2.10. The zero-order valence-electron chi connectivity index (χ0n) is 11.2. The quantitative estimate of drug-likeness (QED) is 0.915. The van der Waals surface area contributed by atoms with E-state index >= 15 is 0 Å². The first-order chi connectivity index (χ1) is 8.99. The first-order valence-electron chi connectivity index (χ1n) is 6.16. The molecule has 2 rings (SSSR count). The summed E-state index contributed by atoms with van der Waals surface area (Å²) in [4.78, 5) is 19.9. The maximum absolute atomic E-state index is 11.0. The molecule has 0 radical (unpaired) electrons. The van der Waals surface area contributed by atoms with Gasteiger partial charge in [0.25, 0.3) is 0 Å². The molecule has 0 spiro atoms. The van der Waals surface area contributed by atoms with Crippen molar-refractivity contribution in [2.75, 3.05) is 0 Å². The molecule has 0 aliphatic heterocycles. The summed E-state index contributed by atoms with van der Waals surface area (Å²) in [6.07, 6.45) is 1.77. The lowest BCUT2D eigenvalue weighted by Crippen LogP contribution is -2.01. The molecule has 0 fully saturated rings. The van der Waals surface area contributed by atoms with Gasteiger partial charge in [0.15, 0.2) is 0 Å². The molecule has 1 aromatic carbocycles. The molecule has 0 aliphatic rings. The minimum absolute atomic E-state index is 0.258. The SMILES string of the molecule is Cc1ncc(C(C)C)nc1-c1cccc(C(=O)O)c1. The summed E-state index contributed by atoms with van der Waals surface area (Å²) in [5, 5.41) is 9.03. The average molecular weight is 256 g/mol. The molecule has 1 N–H and O–H groups in total. The second-order valence-corrected chi connectivity index (χ2v) is 4.77. The van der Waals surface area contributed by atoms with Crippen molar-refractivity contribution in [2.24, 2.45) is 0 Å². The van der Waals surface area contributed by atoms with Gasteiger partial charge in [-0.1, -0.05) is 26.0 Å². The first kappa shape index (κ1) is 13.2. The largest absolute Gasteiger partial charge is 0.478 e. The Kier molecular flexibility index (Phi) is 3.60. The van der Waals surface area contributed by atoms with Crippen molar-refractivity contribution >= 4 is 5.97 Å². The number of rotatable bonds is 3. The molecule has 0 aliphatic carbocycles. The zero-order chi connectivity index (χ0) is 14.0. The van der Waals surface area contributed by atoms with Gasteiger partial charge in [0.1, 0.15) is 0 Å². The minimum Gasteiger partial charge on any atom is -0.478 e. The Morgan fingerprint density at radius 2 is 2.05 bits per heavy atom. The number of aromatic nitrogens is 2. The number of benzene rings is 1. The lowest BCUT2D eigenvalue weighted by molar-refractivity contribution is 0.0697. The fraction of sp³-hybridized carbons (Fsp3) is 0.267. The molecule has 0 unspecified atom stereocenters. The van der Waals surface area contributed by atoms with Gasteiger partial charge in [-0.25, -0.2) is 9.78 Å². The molecule has 0 saturated carbocycles. The van der Waals surface area contributed by atoms with Crippen molar-refractivity contribution < 1.29 is 9.90 Å². The van der Waals surface area contributed by atoms with E-state index in [1.807, 2.05) is 13.0 Å². The summed E-state index contributed by atoms with van der Waals surface area (Å²) in [6, 6.07) is 6.78. The molecule has 0 saturated heterocycles. The van der Waals surface area contributed by atoms with Crippen molar-refractivity contribution in [3.63, 3.8) is 0 Å². The van der Waals surface area contributed by atoms with Gasteiger partial charge in [0, 0.05) is 11.8 Å². The van der Waals surface area contributed by atoms with Crippen molar-refractivity contribution in [1.29, 1.82) is 0 Å². The second kappa shape index (κ2) is 5.18. The number of carboxylic acids is 1. The Morgan fingerprint density at radius 1 is 1.32 bits per heavy atom. The maximum atomic E-state index is 11.0. The standard InChI is InChI=1S/C15H16N2O2/c1-9(2)13-8-16-10(3)14(17-13)11-5-4-6-12(7-11)15(18)19/h4-9H,1-3H3,(H,18,19). The highest BCUT2D eigenvalue weighted by atomic mass is 16.4. The smallest absolute Gasteiger partial charge is 0.335 e. The van der Waals surface area contributed by atoms with Gasteiger partial charge in [0.05, 0.1) is 22.6 Å². The third kappa shape index (κ3) is 2.78. The normalized spacial score (nSPS) is 10.7. The van der Waals surface area contributed by atoms with Crippen molar-refractivity contribution in [3.05, 3.63) is 47.4 Å². The molecule has 0 bridgehead atoms. The van der Waals surface area contributed by atoms with Crippen LogP contribution in [0.25, 0.3) is 11.3 Å². The van der Waals surface area contributed by atoms with E-state index in [1.165, 1.54) is 0 Å². The molecule has 4 nitrogen and oxygen atoms in total. The summed E-state index contributed by atoms with van der Waals surface area (Å²) in [5.74, 6) is -0.651. The van der Waals surface area contributed by atoms with Crippen molar-refractivity contribution in [1.82, 2.24) is 9.97 Å². The van der Waals surface area contributed by atoms with E-state index in [-0.39, 0.29) is 11.5 Å². The molecule has 0 atom stereocenters. The van der Waals surface area contributed by atoms with Gasteiger partial charge < -0.3 is 5.11 Å². The van der Waals surface area contributed by atoms with E-state index in [2.05, 4.69) is 23.8 Å². The number of aromatic carboxylic acids is 1. The van der Waals surface area contributed by atoms with Crippen LogP contribution in [0, 0.1) is 6.92 Å². The Bertz CT molecular complexity index is 621. The van der Waals surface area contributed by atoms with Gasteiger partial charge in [-0.05, 0) is 25.0 Å². The summed E-state index contributed by atoms with van der Waals surface area (Å²) in [6.45, 7) is 5.98. The molecule has 0 amide bonds. The summed E-state index contributed by atoms with van der Waals surface area (Å²) >= 11 is 0. The number of hydrogen-bond acceptors (Lipinski definition) is 3. The second-order valence-electron chi connectivity index (χ2n) is 4.77. The fourth-order valence-corrected chi connectivity index (χ4v) is 1.81. The molecule has 1 aromatic heterocycles. The summed E-state index contributed by atoms with van der Waals surface area (Å²) in [5.41, 5.74) is 3.49. The van der Waals surface area contributed by atoms with Gasteiger partial charge >= 0.3 is 5.97 Å². The Balaban J connectivity index is 2.54. The highest BCUT2D eigenvalue weighted by Crippen LogP contribution is 2.23. The number of hydrogen-bond donors (Lipinski definition) is 1. The van der Waals surface area contributed by atoms with Crippen LogP contribution in [-0.4, -0.2) is 21.0 Å². The molecule has 19 heavy (non-hydrogen) atoms. The van der Waals surface area contributed by atoms with Crippen LogP contribution in [0.5, 0.6) is 0 Å². The van der Waals surface area contributed by atoms with E-state index in [4.69, 9.17) is 5.11 Å². The van der Waals surface area contributed by atoms with Gasteiger partial charge in [0.2, 0.25) is 0 Å². The van der Waals surface area contributed by atoms with Crippen LogP contribution in [0.15, 0.2) is 30.5 Å². The lowest BCUT2D eigenvalue weighted by atomic mass is 10.1. The van der Waals surface area contributed by atoms with E-state index in [9.17, 15) is 4.79 Å². The topological polar surface area (TPSA) is 63.1 Å². The Morgan fingerprint density at radius 3 is 2.68 bits per heavy atom. The third-order valence-electron chi connectivity index (χ3n) is 2.95. The summed E-state index contributed by atoms with van der Waals surface area (Å²) < 4.78 is 0. The Hall–Kier alpha value is -2.23.